The van der Waals surface area contributed by atoms with Gasteiger partial charge in [-0.3, -0.25) is 0 Å². The van der Waals surface area contributed by atoms with Crippen LogP contribution in [-0.2, 0) is 4.74 Å². The molecule has 1 aliphatic rings. The number of rotatable bonds is 6. The number of methoxy groups -OCH3 is 1. The van der Waals surface area contributed by atoms with Crippen LogP contribution in [0.25, 0.3) is 0 Å². The zero-order valence-corrected chi connectivity index (χ0v) is 13.9. The number of hydrogen-bond acceptors (Lipinski definition) is 3. The standard InChI is InChI=1S/C18H29NO2/c1-5-9-19-18(16-8-6-7-10-21-16)15-11-14(3)17(20-4)12-13(15)2/h11-12,16,18-19H,5-10H2,1-4H3. The molecule has 118 valence electrons. The summed E-state index contributed by atoms with van der Waals surface area (Å²) >= 11 is 0. The van der Waals surface area contributed by atoms with E-state index in [1.54, 1.807) is 7.11 Å². The van der Waals surface area contributed by atoms with Crippen molar-refractivity contribution in [3.63, 3.8) is 0 Å². The molecule has 0 amide bonds. The predicted octanol–water partition coefficient (Wildman–Crippen LogP) is 3.92. The van der Waals surface area contributed by atoms with E-state index in [1.165, 1.54) is 29.5 Å². The maximum atomic E-state index is 6.05. The normalized spacial score (nSPS) is 20.3. The third kappa shape index (κ3) is 3.98. The van der Waals surface area contributed by atoms with Gasteiger partial charge in [-0.1, -0.05) is 13.0 Å². The largest absolute Gasteiger partial charge is 0.496 e. The van der Waals surface area contributed by atoms with Crippen LogP contribution in [0.3, 0.4) is 0 Å². The third-order valence-electron chi connectivity index (χ3n) is 4.32. The first kappa shape index (κ1) is 16.3. The number of benzene rings is 1. The molecular weight excluding hydrogens is 262 g/mol. The summed E-state index contributed by atoms with van der Waals surface area (Å²) in [6.07, 6.45) is 5.03. The van der Waals surface area contributed by atoms with Gasteiger partial charge >= 0.3 is 0 Å². The van der Waals surface area contributed by atoms with Gasteiger partial charge in [0.2, 0.25) is 0 Å². The fraction of sp³-hybridized carbons (Fsp3) is 0.667. The Hall–Kier alpha value is -1.06. The molecule has 1 saturated heterocycles. The molecule has 1 N–H and O–H groups in total. The summed E-state index contributed by atoms with van der Waals surface area (Å²) in [5.41, 5.74) is 3.83. The minimum atomic E-state index is 0.287. The molecule has 0 spiro atoms. The Balaban J connectivity index is 2.28. The maximum absolute atomic E-state index is 6.05. The summed E-state index contributed by atoms with van der Waals surface area (Å²) in [6, 6.07) is 4.70. The molecule has 3 heteroatoms. The summed E-state index contributed by atoms with van der Waals surface area (Å²) in [5, 5.41) is 3.70. The van der Waals surface area contributed by atoms with Gasteiger partial charge in [-0.25, -0.2) is 0 Å². The second-order valence-corrected chi connectivity index (χ2v) is 6.02. The molecule has 0 radical (unpaired) electrons. The molecule has 1 heterocycles. The molecule has 0 aliphatic carbocycles. The lowest BCUT2D eigenvalue weighted by Gasteiger charge is -2.33. The van der Waals surface area contributed by atoms with Gasteiger partial charge in [0.05, 0.1) is 19.3 Å². The Labute approximate surface area is 129 Å². The third-order valence-corrected chi connectivity index (χ3v) is 4.32. The summed E-state index contributed by atoms with van der Waals surface area (Å²) in [4.78, 5) is 0. The minimum Gasteiger partial charge on any atom is -0.496 e. The van der Waals surface area contributed by atoms with E-state index in [9.17, 15) is 0 Å². The molecule has 2 unspecified atom stereocenters. The van der Waals surface area contributed by atoms with E-state index in [0.29, 0.717) is 0 Å². The van der Waals surface area contributed by atoms with Crippen LogP contribution < -0.4 is 10.1 Å². The molecule has 1 aromatic carbocycles. The van der Waals surface area contributed by atoms with Crippen molar-refractivity contribution >= 4 is 0 Å². The molecule has 1 aliphatic heterocycles. The van der Waals surface area contributed by atoms with Crippen molar-refractivity contribution in [2.45, 2.75) is 58.6 Å². The fourth-order valence-corrected chi connectivity index (χ4v) is 3.14. The zero-order chi connectivity index (χ0) is 15.2. The molecule has 0 bridgehead atoms. The molecule has 2 atom stereocenters. The molecule has 1 aromatic rings. The maximum Gasteiger partial charge on any atom is 0.122 e. The van der Waals surface area contributed by atoms with Crippen LogP contribution in [0.5, 0.6) is 5.75 Å². The zero-order valence-electron chi connectivity index (χ0n) is 13.9. The summed E-state index contributed by atoms with van der Waals surface area (Å²) in [6.45, 7) is 8.40. The van der Waals surface area contributed by atoms with Crippen LogP contribution in [0.15, 0.2) is 12.1 Å². The van der Waals surface area contributed by atoms with Crippen LogP contribution >= 0.6 is 0 Å². The molecule has 1 fully saturated rings. The van der Waals surface area contributed by atoms with E-state index < -0.39 is 0 Å². The molecule has 0 saturated carbocycles. The van der Waals surface area contributed by atoms with E-state index in [2.05, 4.69) is 38.2 Å². The first-order chi connectivity index (χ1) is 10.2. The van der Waals surface area contributed by atoms with Gasteiger partial charge in [-0.2, -0.15) is 0 Å². The second-order valence-electron chi connectivity index (χ2n) is 6.02. The molecular formula is C18H29NO2. The highest BCUT2D eigenvalue weighted by molar-refractivity contribution is 5.43. The van der Waals surface area contributed by atoms with Gasteiger partial charge in [0.25, 0.3) is 0 Å². The average Bonchev–Trinajstić information content (AvgIpc) is 2.51. The van der Waals surface area contributed by atoms with Crippen molar-refractivity contribution in [3.8, 4) is 5.75 Å². The van der Waals surface area contributed by atoms with Crippen LogP contribution in [0.1, 0.15) is 55.3 Å². The van der Waals surface area contributed by atoms with E-state index in [4.69, 9.17) is 9.47 Å². The van der Waals surface area contributed by atoms with E-state index in [-0.39, 0.29) is 12.1 Å². The van der Waals surface area contributed by atoms with Gasteiger partial charge in [0.15, 0.2) is 0 Å². The van der Waals surface area contributed by atoms with Crippen molar-refractivity contribution in [3.05, 3.63) is 28.8 Å². The van der Waals surface area contributed by atoms with Crippen molar-refractivity contribution in [1.82, 2.24) is 5.32 Å². The number of aryl methyl sites for hydroxylation is 2. The highest BCUT2D eigenvalue weighted by Crippen LogP contribution is 2.32. The molecule has 2 rings (SSSR count). The number of ether oxygens (including phenoxy) is 2. The smallest absolute Gasteiger partial charge is 0.122 e. The van der Waals surface area contributed by atoms with Crippen molar-refractivity contribution in [2.75, 3.05) is 20.3 Å². The van der Waals surface area contributed by atoms with Gasteiger partial charge in [0, 0.05) is 6.61 Å². The van der Waals surface area contributed by atoms with Gasteiger partial charge < -0.3 is 14.8 Å². The first-order valence-corrected chi connectivity index (χ1v) is 8.17. The van der Waals surface area contributed by atoms with Crippen LogP contribution in [0, 0.1) is 13.8 Å². The monoisotopic (exact) mass is 291 g/mol. The lowest BCUT2D eigenvalue weighted by Crippen LogP contribution is -2.36. The lowest BCUT2D eigenvalue weighted by atomic mass is 9.91. The van der Waals surface area contributed by atoms with E-state index >= 15 is 0 Å². The summed E-state index contributed by atoms with van der Waals surface area (Å²) < 4.78 is 11.5. The van der Waals surface area contributed by atoms with Crippen molar-refractivity contribution in [1.29, 1.82) is 0 Å². The van der Waals surface area contributed by atoms with Crippen molar-refractivity contribution in [2.24, 2.45) is 0 Å². The quantitative estimate of drug-likeness (QED) is 0.861. The van der Waals surface area contributed by atoms with Gasteiger partial charge in [-0.05, 0) is 68.8 Å². The van der Waals surface area contributed by atoms with E-state index in [1.807, 2.05) is 0 Å². The van der Waals surface area contributed by atoms with E-state index in [0.717, 1.165) is 31.7 Å². The number of hydrogen-bond donors (Lipinski definition) is 1. The summed E-state index contributed by atoms with van der Waals surface area (Å²) in [5.74, 6) is 0.968. The topological polar surface area (TPSA) is 30.5 Å². The highest BCUT2D eigenvalue weighted by atomic mass is 16.5. The average molecular weight is 291 g/mol. The minimum absolute atomic E-state index is 0.287. The first-order valence-electron chi connectivity index (χ1n) is 8.17. The number of nitrogens with one attached hydrogen (secondary N) is 1. The lowest BCUT2D eigenvalue weighted by molar-refractivity contribution is -0.00830. The van der Waals surface area contributed by atoms with Gasteiger partial charge in [-0.15, -0.1) is 0 Å². The highest BCUT2D eigenvalue weighted by Gasteiger charge is 2.27. The Morgan fingerprint density at radius 3 is 2.71 bits per heavy atom. The van der Waals surface area contributed by atoms with Crippen LogP contribution in [0.4, 0.5) is 0 Å². The van der Waals surface area contributed by atoms with Crippen LogP contribution in [0.2, 0.25) is 0 Å². The fourth-order valence-electron chi connectivity index (χ4n) is 3.14. The van der Waals surface area contributed by atoms with Crippen LogP contribution in [-0.4, -0.2) is 26.4 Å². The Morgan fingerprint density at radius 2 is 2.10 bits per heavy atom. The second kappa shape index (κ2) is 7.81. The predicted molar refractivity (Wildman–Crippen MR) is 87.1 cm³/mol. The van der Waals surface area contributed by atoms with Gasteiger partial charge in [0.1, 0.15) is 5.75 Å². The SMILES string of the molecule is CCCNC(c1cc(C)c(OC)cc1C)C1CCCCO1. The summed E-state index contributed by atoms with van der Waals surface area (Å²) in [7, 11) is 1.73. The molecule has 21 heavy (non-hydrogen) atoms. The Bertz CT molecular complexity index is 453. The Kier molecular flexibility index (Phi) is 6.07. The Morgan fingerprint density at radius 1 is 1.29 bits per heavy atom. The van der Waals surface area contributed by atoms with Crippen molar-refractivity contribution < 1.29 is 9.47 Å². The molecule has 3 nitrogen and oxygen atoms in total. The molecule has 0 aromatic heterocycles.